The number of nitrogens with zero attached hydrogens (tertiary/aromatic N) is 2. The van der Waals surface area contributed by atoms with Gasteiger partial charge in [-0.2, -0.15) is 0 Å². The number of carbonyl (C=O) groups excluding carboxylic acids is 1. The average molecular weight is 284 g/mol. The molecule has 0 aliphatic rings. The third kappa shape index (κ3) is 3.44. The number of hydrogen-bond acceptors (Lipinski definition) is 3. The average Bonchev–Trinajstić information content (AvgIpc) is 2.52. The zero-order chi connectivity index (χ0) is 15.2. The summed E-state index contributed by atoms with van der Waals surface area (Å²) in [6, 6.07) is 7.58. The van der Waals surface area contributed by atoms with Crippen molar-refractivity contribution in [2.24, 2.45) is 0 Å². The van der Waals surface area contributed by atoms with Crippen LogP contribution in [0.2, 0.25) is 0 Å². The molecule has 0 bridgehead atoms. The van der Waals surface area contributed by atoms with Crippen molar-refractivity contribution in [1.29, 1.82) is 0 Å². The molecule has 0 saturated heterocycles. The van der Waals surface area contributed by atoms with Crippen molar-refractivity contribution in [2.45, 2.75) is 0 Å². The first-order valence-electron chi connectivity index (χ1n) is 6.21. The molecule has 21 heavy (non-hydrogen) atoms. The Bertz CT molecular complexity index is 719. The van der Waals surface area contributed by atoms with Crippen LogP contribution in [0.5, 0.6) is 0 Å². The van der Waals surface area contributed by atoms with E-state index in [9.17, 15) is 9.18 Å². The Balaban J connectivity index is 2.30. The van der Waals surface area contributed by atoms with Crippen LogP contribution in [0.25, 0.3) is 0 Å². The van der Waals surface area contributed by atoms with Crippen molar-refractivity contribution in [2.75, 3.05) is 18.6 Å². The number of pyridine rings is 1. The first-order chi connectivity index (χ1) is 10.1. The summed E-state index contributed by atoms with van der Waals surface area (Å²) in [6.07, 6.45) is 2.88. The highest BCUT2D eigenvalue weighted by molar-refractivity contribution is 6.05. The summed E-state index contributed by atoms with van der Waals surface area (Å²) in [5.74, 6) is 4.29. The lowest BCUT2D eigenvalue weighted by Gasteiger charge is -2.17. The number of halogens is 1. The van der Waals surface area contributed by atoms with Gasteiger partial charge in [0.1, 0.15) is 12.4 Å². The monoisotopic (exact) mass is 284 g/mol. The Morgan fingerprint density at radius 2 is 2.14 bits per heavy atom. The van der Waals surface area contributed by atoms with Crippen LogP contribution in [-0.4, -0.2) is 29.7 Å². The Morgan fingerprint density at radius 1 is 1.38 bits per heavy atom. The van der Waals surface area contributed by atoms with Gasteiger partial charge < -0.3 is 10.0 Å². The molecule has 1 heterocycles. The standard InChI is InChI=1S/C16H13FN2O2/c1-19(15-7-3-2-6-14(15)17)16(21)13-9-12(5-4-8-20)10-18-11-13/h2-3,6-7,9-11,20H,8H2,1H3. The van der Waals surface area contributed by atoms with Gasteiger partial charge in [-0.1, -0.05) is 24.0 Å². The fraction of sp³-hybridized carbons (Fsp3) is 0.125. The van der Waals surface area contributed by atoms with Gasteiger partial charge >= 0.3 is 0 Å². The van der Waals surface area contributed by atoms with Gasteiger partial charge in [0.25, 0.3) is 5.91 Å². The summed E-state index contributed by atoms with van der Waals surface area (Å²) < 4.78 is 13.7. The molecule has 4 nitrogen and oxygen atoms in total. The number of benzene rings is 1. The van der Waals surface area contributed by atoms with E-state index in [1.165, 1.54) is 36.5 Å². The van der Waals surface area contributed by atoms with Crippen LogP contribution >= 0.6 is 0 Å². The number of aliphatic hydroxyl groups excluding tert-OH is 1. The summed E-state index contributed by atoms with van der Waals surface area (Å²) >= 11 is 0. The fourth-order valence-electron chi connectivity index (χ4n) is 1.79. The molecule has 0 radical (unpaired) electrons. The largest absolute Gasteiger partial charge is 0.384 e. The van der Waals surface area contributed by atoms with E-state index in [4.69, 9.17) is 5.11 Å². The van der Waals surface area contributed by atoms with Gasteiger partial charge in [0.2, 0.25) is 0 Å². The number of para-hydroxylation sites is 1. The number of amides is 1. The zero-order valence-electron chi connectivity index (χ0n) is 11.4. The molecule has 0 aliphatic heterocycles. The maximum Gasteiger partial charge on any atom is 0.259 e. The highest BCUT2D eigenvalue weighted by Gasteiger charge is 2.16. The van der Waals surface area contributed by atoms with E-state index < -0.39 is 5.82 Å². The molecule has 2 aromatic rings. The Morgan fingerprint density at radius 3 is 2.86 bits per heavy atom. The number of carbonyl (C=O) groups is 1. The molecule has 106 valence electrons. The van der Waals surface area contributed by atoms with E-state index >= 15 is 0 Å². The van der Waals surface area contributed by atoms with E-state index in [0.29, 0.717) is 11.1 Å². The minimum atomic E-state index is -0.475. The molecule has 1 amide bonds. The van der Waals surface area contributed by atoms with Gasteiger partial charge in [-0.15, -0.1) is 0 Å². The minimum absolute atomic E-state index is 0.189. The predicted molar refractivity (Wildman–Crippen MR) is 77.3 cm³/mol. The molecule has 1 N–H and O–H groups in total. The lowest BCUT2D eigenvalue weighted by atomic mass is 10.1. The molecule has 0 unspecified atom stereocenters. The fourth-order valence-corrected chi connectivity index (χ4v) is 1.79. The van der Waals surface area contributed by atoms with Gasteiger partial charge in [0.05, 0.1) is 11.3 Å². The lowest BCUT2D eigenvalue weighted by Crippen LogP contribution is -2.27. The van der Waals surface area contributed by atoms with Crippen molar-refractivity contribution in [3.05, 3.63) is 59.7 Å². The molecule has 0 aliphatic carbocycles. The van der Waals surface area contributed by atoms with Crippen LogP contribution in [0.15, 0.2) is 42.7 Å². The second-order valence-corrected chi connectivity index (χ2v) is 4.24. The zero-order valence-corrected chi connectivity index (χ0v) is 11.4. The van der Waals surface area contributed by atoms with E-state index in [1.54, 1.807) is 18.2 Å². The predicted octanol–water partition coefficient (Wildman–Crippen LogP) is 1.84. The summed E-state index contributed by atoms with van der Waals surface area (Å²) in [6.45, 7) is -0.271. The van der Waals surface area contributed by atoms with Gasteiger partial charge in [-0.05, 0) is 18.2 Å². The first-order valence-corrected chi connectivity index (χ1v) is 6.21. The quantitative estimate of drug-likeness (QED) is 0.856. The number of anilines is 1. The van der Waals surface area contributed by atoms with Gasteiger partial charge in [-0.3, -0.25) is 9.78 Å². The summed E-state index contributed by atoms with van der Waals surface area (Å²) in [5.41, 5.74) is 0.997. The molecule has 5 heteroatoms. The number of rotatable bonds is 2. The van der Waals surface area contributed by atoms with Crippen LogP contribution < -0.4 is 4.90 Å². The van der Waals surface area contributed by atoms with Crippen LogP contribution in [0.4, 0.5) is 10.1 Å². The summed E-state index contributed by atoms with van der Waals surface area (Å²) in [4.78, 5) is 17.5. The van der Waals surface area contributed by atoms with E-state index in [-0.39, 0.29) is 18.2 Å². The van der Waals surface area contributed by atoms with E-state index in [0.717, 1.165) is 0 Å². The van der Waals surface area contributed by atoms with E-state index in [2.05, 4.69) is 16.8 Å². The molecule has 0 spiro atoms. The smallest absolute Gasteiger partial charge is 0.259 e. The second-order valence-electron chi connectivity index (χ2n) is 4.24. The molecular formula is C16H13FN2O2. The van der Waals surface area contributed by atoms with Crippen molar-refractivity contribution in [3.63, 3.8) is 0 Å². The van der Waals surface area contributed by atoms with Crippen molar-refractivity contribution in [3.8, 4) is 11.8 Å². The van der Waals surface area contributed by atoms with Crippen molar-refractivity contribution in [1.82, 2.24) is 4.98 Å². The van der Waals surface area contributed by atoms with Crippen molar-refractivity contribution < 1.29 is 14.3 Å². The first kappa shape index (κ1) is 14.7. The third-order valence-electron chi connectivity index (χ3n) is 2.82. The second kappa shape index (κ2) is 6.64. The van der Waals surface area contributed by atoms with Crippen LogP contribution in [0, 0.1) is 17.7 Å². The molecule has 0 saturated carbocycles. The maximum absolute atomic E-state index is 13.7. The molecular weight excluding hydrogens is 271 g/mol. The molecule has 1 aromatic carbocycles. The summed E-state index contributed by atoms with van der Waals surface area (Å²) in [5, 5.41) is 8.66. The SMILES string of the molecule is CN(C(=O)c1cncc(C#CCO)c1)c1ccccc1F. The highest BCUT2D eigenvalue weighted by Crippen LogP contribution is 2.19. The topological polar surface area (TPSA) is 53.4 Å². The Labute approximate surface area is 121 Å². The molecule has 0 fully saturated rings. The Kier molecular flexibility index (Phi) is 4.64. The van der Waals surface area contributed by atoms with E-state index in [1.807, 2.05) is 0 Å². The molecule has 1 aromatic heterocycles. The molecule has 0 atom stereocenters. The Hall–Kier alpha value is -2.71. The van der Waals surface area contributed by atoms with Crippen molar-refractivity contribution >= 4 is 11.6 Å². The number of hydrogen-bond donors (Lipinski definition) is 1. The van der Waals surface area contributed by atoms with Gasteiger partial charge in [-0.25, -0.2) is 4.39 Å². The van der Waals surface area contributed by atoms with Crippen LogP contribution in [0.3, 0.4) is 0 Å². The lowest BCUT2D eigenvalue weighted by molar-refractivity contribution is 0.0992. The van der Waals surface area contributed by atoms with Crippen LogP contribution in [0.1, 0.15) is 15.9 Å². The third-order valence-corrected chi connectivity index (χ3v) is 2.82. The normalized spacial score (nSPS) is 9.67. The van der Waals surface area contributed by atoms with Gasteiger partial charge in [0, 0.05) is 25.0 Å². The van der Waals surface area contributed by atoms with Crippen LogP contribution in [-0.2, 0) is 0 Å². The molecule has 2 rings (SSSR count). The highest BCUT2D eigenvalue weighted by atomic mass is 19.1. The van der Waals surface area contributed by atoms with Gasteiger partial charge in [0.15, 0.2) is 0 Å². The number of aliphatic hydroxyl groups is 1. The minimum Gasteiger partial charge on any atom is -0.384 e. The maximum atomic E-state index is 13.7. The summed E-state index contributed by atoms with van der Waals surface area (Å²) in [7, 11) is 1.49. The number of aromatic nitrogens is 1.